The van der Waals surface area contributed by atoms with Gasteiger partial charge in [-0.1, -0.05) is 123 Å². The molecule has 6 heteroatoms. The van der Waals surface area contributed by atoms with E-state index in [-0.39, 0.29) is 7.43 Å². The van der Waals surface area contributed by atoms with Crippen LogP contribution in [0.1, 0.15) is 35.8 Å². The van der Waals surface area contributed by atoms with E-state index in [9.17, 15) is 0 Å². The predicted octanol–water partition coefficient (Wildman–Crippen LogP) is 12.9. The number of aryl methyl sites for hydroxylation is 5. The normalized spacial score (nSPS) is 10.1. The summed E-state index contributed by atoms with van der Waals surface area (Å²) in [5.41, 5.74) is 6.38. The van der Waals surface area contributed by atoms with Gasteiger partial charge in [-0.25, -0.2) is 0 Å². The first-order chi connectivity index (χ1) is 26.4. The first-order valence-corrected chi connectivity index (χ1v) is 17.9. The lowest BCUT2D eigenvalue weighted by molar-refractivity contribution is 0.611. The summed E-state index contributed by atoms with van der Waals surface area (Å²) in [5, 5.41) is 19.0. The SMILES string of the molecule is C.Cc1cccc2ccccc12.Cc1nccc2ccccc12.Cc1nccc2ccccc12.Cc1nccc2ccoc12.Cc1nncc2ccccc12. The Morgan fingerprint density at radius 2 is 0.818 bits per heavy atom. The minimum absolute atomic E-state index is 0. The number of hydrogen-bond donors (Lipinski definition) is 0. The Hall–Kier alpha value is -6.79. The molecule has 0 unspecified atom stereocenters. The maximum atomic E-state index is 5.19. The predicted molar refractivity (Wildman–Crippen MR) is 231 cm³/mol. The summed E-state index contributed by atoms with van der Waals surface area (Å²) >= 11 is 0. The minimum atomic E-state index is 0. The summed E-state index contributed by atoms with van der Waals surface area (Å²) < 4.78 is 5.19. The zero-order valence-corrected chi connectivity index (χ0v) is 31.3. The molecular formula is C49H47N5O. The van der Waals surface area contributed by atoms with Gasteiger partial charge in [-0.3, -0.25) is 15.0 Å². The molecule has 0 fully saturated rings. The zero-order chi connectivity index (χ0) is 37.7. The molecule has 0 spiro atoms. The van der Waals surface area contributed by atoms with Crippen molar-refractivity contribution in [3.8, 4) is 0 Å². The molecule has 0 saturated heterocycles. The van der Waals surface area contributed by atoms with Crippen LogP contribution < -0.4 is 0 Å². The van der Waals surface area contributed by atoms with E-state index in [1.165, 1.54) is 43.3 Å². The van der Waals surface area contributed by atoms with Gasteiger partial charge in [0.25, 0.3) is 0 Å². The van der Waals surface area contributed by atoms with E-state index in [1.54, 1.807) is 18.7 Å². The molecule has 0 bridgehead atoms. The van der Waals surface area contributed by atoms with Gasteiger partial charge in [-0.2, -0.15) is 10.2 Å². The third-order valence-electron chi connectivity index (χ3n) is 9.06. The molecule has 5 aromatic carbocycles. The molecule has 0 aliphatic heterocycles. The minimum Gasteiger partial charge on any atom is -0.462 e. The highest BCUT2D eigenvalue weighted by Gasteiger charge is 1.99. The van der Waals surface area contributed by atoms with Crippen molar-refractivity contribution in [1.29, 1.82) is 0 Å². The quantitative estimate of drug-likeness (QED) is 0.155. The molecule has 10 aromatic rings. The second-order valence-electron chi connectivity index (χ2n) is 12.8. The molecule has 10 rings (SSSR count). The number of furan rings is 1. The van der Waals surface area contributed by atoms with Crippen LogP contribution in [0.5, 0.6) is 0 Å². The second kappa shape index (κ2) is 19.3. The number of pyridine rings is 3. The van der Waals surface area contributed by atoms with Crippen LogP contribution in [-0.2, 0) is 0 Å². The van der Waals surface area contributed by atoms with E-state index in [0.717, 1.165) is 39.1 Å². The number of rotatable bonds is 0. The first-order valence-electron chi connectivity index (χ1n) is 17.9. The fourth-order valence-electron chi connectivity index (χ4n) is 6.13. The van der Waals surface area contributed by atoms with Crippen molar-refractivity contribution in [2.24, 2.45) is 0 Å². The summed E-state index contributed by atoms with van der Waals surface area (Å²) in [7, 11) is 0. The Labute approximate surface area is 323 Å². The molecule has 55 heavy (non-hydrogen) atoms. The van der Waals surface area contributed by atoms with Crippen LogP contribution in [0.15, 0.2) is 175 Å². The van der Waals surface area contributed by atoms with Crippen molar-refractivity contribution in [3.05, 3.63) is 199 Å². The molecular weight excluding hydrogens is 675 g/mol. The van der Waals surface area contributed by atoms with Crippen LogP contribution in [0.2, 0.25) is 0 Å². The van der Waals surface area contributed by atoms with Gasteiger partial charge >= 0.3 is 0 Å². The lowest BCUT2D eigenvalue weighted by Gasteiger charge is -1.98. The molecule has 0 radical (unpaired) electrons. The molecule has 0 aliphatic rings. The molecule has 5 aromatic heterocycles. The fraction of sp³-hybridized carbons (Fsp3) is 0.122. The Morgan fingerprint density at radius 1 is 0.382 bits per heavy atom. The number of benzene rings is 5. The Morgan fingerprint density at radius 3 is 1.33 bits per heavy atom. The van der Waals surface area contributed by atoms with Gasteiger partial charge in [0.1, 0.15) is 0 Å². The highest BCUT2D eigenvalue weighted by Crippen LogP contribution is 2.18. The molecule has 6 nitrogen and oxygen atoms in total. The maximum Gasteiger partial charge on any atom is 0.155 e. The lowest BCUT2D eigenvalue weighted by Crippen LogP contribution is -1.86. The first kappa shape index (κ1) is 39.4. The fourth-order valence-corrected chi connectivity index (χ4v) is 6.13. The van der Waals surface area contributed by atoms with Crippen LogP contribution in [0, 0.1) is 34.6 Å². The summed E-state index contributed by atoms with van der Waals surface area (Å²) in [6, 6.07) is 47.4. The second-order valence-corrected chi connectivity index (χ2v) is 12.8. The molecule has 274 valence electrons. The van der Waals surface area contributed by atoms with Gasteiger partial charge < -0.3 is 4.42 Å². The summed E-state index contributed by atoms with van der Waals surface area (Å²) in [6.07, 6.45) is 8.93. The molecule has 0 saturated carbocycles. The van der Waals surface area contributed by atoms with Crippen LogP contribution in [0.3, 0.4) is 0 Å². The third-order valence-corrected chi connectivity index (χ3v) is 9.06. The topological polar surface area (TPSA) is 77.6 Å². The van der Waals surface area contributed by atoms with Crippen molar-refractivity contribution >= 4 is 54.1 Å². The number of hydrogen-bond acceptors (Lipinski definition) is 6. The standard InChI is InChI=1S/C11H10.2C10H9N.C9H8N2.C8H7NO.CH4/c1-9-5-4-7-10-6-2-3-8-11(9)10;2*1-8-10-5-3-2-4-9(10)6-7-11-8;1-7-9-5-3-2-4-8(9)6-10-11-7;1-6-8-7(2-4-9-6)3-5-10-8;/h2-8H,1H3;2*2-7H,1H3;2-6H,1H3;2-5H,1H3;1H4. The van der Waals surface area contributed by atoms with Gasteiger partial charge in [-0.05, 0) is 86.0 Å². The average Bonchev–Trinajstić information content (AvgIpc) is 3.71. The molecule has 0 N–H and O–H groups in total. The van der Waals surface area contributed by atoms with Crippen molar-refractivity contribution < 1.29 is 4.42 Å². The average molecular weight is 722 g/mol. The molecule has 5 heterocycles. The Balaban J connectivity index is 0.000000131. The monoisotopic (exact) mass is 721 g/mol. The van der Waals surface area contributed by atoms with Crippen molar-refractivity contribution in [1.82, 2.24) is 25.1 Å². The van der Waals surface area contributed by atoms with Crippen LogP contribution >= 0.6 is 0 Å². The zero-order valence-electron chi connectivity index (χ0n) is 31.3. The van der Waals surface area contributed by atoms with E-state index in [1.807, 2.05) is 107 Å². The Bertz CT molecular complexity index is 2430. The van der Waals surface area contributed by atoms with E-state index in [2.05, 4.69) is 105 Å². The van der Waals surface area contributed by atoms with Gasteiger partial charge in [0.05, 0.1) is 23.8 Å². The van der Waals surface area contributed by atoms with Crippen LogP contribution in [-0.4, -0.2) is 25.1 Å². The van der Waals surface area contributed by atoms with Crippen molar-refractivity contribution in [3.63, 3.8) is 0 Å². The van der Waals surface area contributed by atoms with E-state index < -0.39 is 0 Å². The van der Waals surface area contributed by atoms with E-state index in [0.29, 0.717) is 0 Å². The van der Waals surface area contributed by atoms with E-state index in [4.69, 9.17) is 4.42 Å². The summed E-state index contributed by atoms with van der Waals surface area (Å²) in [4.78, 5) is 12.5. The maximum absolute atomic E-state index is 5.19. The molecule has 0 aliphatic carbocycles. The number of fused-ring (bicyclic) bond motifs is 5. The Kier molecular flexibility index (Phi) is 13.9. The highest BCUT2D eigenvalue weighted by molar-refractivity contribution is 5.86. The molecule has 0 atom stereocenters. The van der Waals surface area contributed by atoms with Gasteiger partial charge in [0.2, 0.25) is 0 Å². The van der Waals surface area contributed by atoms with Gasteiger partial charge in [0, 0.05) is 56.9 Å². The third kappa shape index (κ3) is 10.2. The smallest absolute Gasteiger partial charge is 0.155 e. The van der Waals surface area contributed by atoms with E-state index >= 15 is 0 Å². The largest absolute Gasteiger partial charge is 0.462 e. The lowest BCUT2D eigenvalue weighted by atomic mass is 10.1. The molecule has 0 amide bonds. The number of aromatic nitrogens is 5. The number of nitrogens with zero attached hydrogens (tertiary/aromatic N) is 5. The summed E-state index contributed by atoms with van der Waals surface area (Å²) in [5.74, 6) is 0. The van der Waals surface area contributed by atoms with Crippen molar-refractivity contribution in [2.45, 2.75) is 42.0 Å². The van der Waals surface area contributed by atoms with Crippen LogP contribution in [0.25, 0.3) is 54.1 Å². The van der Waals surface area contributed by atoms with Gasteiger partial charge in [0.15, 0.2) is 5.58 Å². The van der Waals surface area contributed by atoms with Crippen molar-refractivity contribution in [2.75, 3.05) is 0 Å². The summed E-state index contributed by atoms with van der Waals surface area (Å²) in [6.45, 7) is 10.1. The highest BCUT2D eigenvalue weighted by atomic mass is 16.3. The van der Waals surface area contributed by atoms with Crippen LogP contribution in [0.4, 0.5) is 0 Å². The van der Waals surface area contributed by atoms with Gasteiger partial charge in [-0.15, -0.1) is 0 Å².